The van der Waals surface area contributed by atoms with Crippen molar-refractivity contribution in [3.63, 3.8) is 0 Å². The molecule has 3 rings (SSSR count). The quantitative estimate of drug-likeness (QED) is 0.873. The van der Waals surface area contributed by atoms with E-state index in [2.05, 4.69) is 15.9 Å². The van der Waals surface area contributed by atoms with Gasteiger partial charge in [-0.1, -0.05) is 34.5 Å². The number of hydrogen-bond donors (Lipinski definition) is 1. The van der Waals surface area contributed by atoms with Crippen LogP contribution in [-0.2, 0) is 19.7 Å². The zero-order valence-electron chi connectivity index (χ0n) is 13.0. The number of rotatable bonds is 3. The highest BCUT2D eigenvalue weighted by molar-refractivity contribution is 9.10. The Hall–Kier alpha value is -1.40. The zero-order valence-corrected chi connectivity index (χ0v) is 14.6. The lowest BCUT2D eigenvalue weighted by atomic mass is 9.63. The minimum Gasteiger partial charge on any atom is -0.479 e. The second-order valence-corrected chi connectivity index (χ2v) is 7.34. The molecule has 124 valence electrons. The van der Waals surface area contributed by atoms with Crippen molar-refractivity contribution in [1.29, 1.82) is 0 Å². The molecular formula is C17H20BrNO4. The van der Waals surface area contributed by atoms with Gasteiger partial charge in [-0.2, -0.15) is 0 Å². The summed E-state index contributed by atoms with van der Waals surface area (Å²) in [5.74, 6) is -0.979. The van der Waals surface area contributed by atoms with Gasteiger partial charge in [0.2, 0.25) is 5.91 Å². The number of carboxylic acids is 1. The summed E-state index contributed by atoms with van der Waals surface area (Å²) in [4.78, 5) is 26.1. The van der Waals surface area contributed by atoms with Gasteiger partial charge in [0.05, 0.1) is 18.1 Å². The summed E-state index contributed by atoms with van der Waals surface area (Å²) in [5.41, 5.74) is 0.517. The van der Waals surface area contributed by atoms with Gasteiger partial charge >= 0.3 is 5.97 Å². The number of halogens is 1. The third-order valence-electron chi connectivity index (χ3n) is 4.84. The van der Waals surface area contributed by atoms with Gasteiger partial charge in [0, 0.05) is 11.0 Å². The maximum absolute atomic E-state index is 13.2. The van der Waals surface area contributed by atoms with Gasteiger partial charge in [0.1, 0.15) is 0 Å². The third kappa shape index (κ3) is 3.02. The number of benzene rings is 1. The van der Waals surface area contributed by atoms with Crippen LogP contribution in [0.4, 0.5) is 0 Å². The Morgan fingerprint density at radius 2 is 1.91 bits per heavy atom. The highest BCUT2D eigenvalue weighted by Gasteiger charge is 2.49. The summed E-state index contributed by atoms with van der Waals surface area (Å²) in [5, 5.41) is 9.21. The maximum Gasteiger partial charge on any atom is 0.334 e. The van der Waals surface area contributed by atoms with Crippen molar-refractivity contribution >= 4 is 27.8 Å². The average molecular weight is 382 g/mol. The van der Waals surface area contributed by atoms with Gasteiger partial charge in [0.25, 0.3) is 0 Å². The van der Waals surface area contributed by atoms with Crippen LogP contribution in [-0.4, -0.2) is 47.2 Å². The number of nitrogens with zero attached hydrogens (tertiary/aromatic N) is 1. The number of carbonyl (C=O) groups excluding carboxylic acids is 1. The molecule has 1 saturated carbocycles. The summed E-state index contributed by atoms with van der Waals surface area (Å²) in [6, 6.07) is 7.87. The predicted molar refractivity (Wildman–Crippen MR) is 88.2 cm³/mol. The molecule has 6 heteroatoms. The topological polar surface area (TPSA) is 66.8 Å². The Bertz CT molecular complexity index is 612. The van der Waals surface area contributed by atoms with Crippen molar-refractivity contribution in [2.24, 2.45) is 0 Å². The van der Waals surface area contributed by atoms with Crippen molar-refractivity contribution in [2.45, 2.75) is 43.8 Å². The van der Waals surface area contributed by atoms with Gasteiger partial charge in [0.15, 0.2) is 6.10 Å². The molecule has 1 N–H and O–H groups in total. The minimum atomic E-state index is -1.01. The average Bonchev–Trinajstić information content (AvgIpc) is 2.47. The minimum absolute atomic E-state index is 0.0347. The lowest BCUT2D eigenvalue weighted by Crippen LogP contribution is -2.58. The Morgan fingerprint density at radius 3 is 2.43 bits per heavy atom. The van der Waals surface area contributed by atoms with Gasteiger partial charge in [-0.25, -0.2) is 4.79 Å². The van der Waals surface area contributed by atoms with Crippen LogP contribution in [0.2, 0.25) is 0 Å². The van der Waals surface area contributed by atoms with Crippen molar-refractivity contribution in [3.05, 3.63) is 34.3 Å². The number of aliphatic carboxylic acids is 1. The van der Waals surface area contributed by atoms with Crippen LogP contribution in [0.5, 0.6) is 0 Å². The molecule has 1 aliphatic heterocycles. The van der Waals surface area contributed by atoms with Gasteiger partial charge < -0.3 is 14.7 Å². The Morgan fingerprint density at radius 1 is 1.26 bits per heavy atom. The molecule has 0 spiro atoms. The Balaban J connectivity index is 1.85. The van der Waals surface area contributed by atoms with E-state index in [-0.39, 0.29) is 18.6 Å². The molecule has 23 heavy (non-hydrogen) atoms. The summed E-state index contributed by atoms with van der Waals surface area (Å²) in [7, 11) is 0. The number of carboxylic acid groups (broad SMARTS) is 1. The molecule has 1 aromatic carbocycles. The summed E-state index contributed by atoms with van der Waals surface area (Å²) >= 11 is 3.42. The molecule has 0 aromatic heterocycles. The first-order valence-corrected chi connectivity index (χ1v) is 8.65. The molecule has 1 amide bonds. The van der Waals surface area contributed by atoms with Crippen LogP contribution in [0.1, 0.15) is 31.7 Å². The van der Waals surface area contributed by atoms with Crippen molar-refractivity contribution < 1.29 is 19.4 Å². The van der Waals surface area contributed by atoms with Gasteiger partial charge in [-0.3, -0.25) is 4.79 Å². The highest BCUT2D eigenvalue weighted by Crippen LogP contribution is 2.45. The Kier molecular flexibility index (Phi) is 4.47. The molecule has 1 unspecified atom stereocenters. The summed E-state index contributed by atoms with van der Waals surface area (Å²) in [6.07, 6.45) is 1.44. The van der Waals surface area contributed by atoms with E-state index in [1.165, 1.54) is 0 Å². The van der Waals surface area contributed by atoms with E-state index in [0.29, 0.717) is 6.54 Å². The van der Waals surface area contributed by atoms with E-state index >= 15 is 0 Å². The molecule has 5 nitrogen and oxygen atoms in total. The second-order valence-electron chi connectivity index (χ2n) is 6.43. The molecule has 1 heterocycles. The van der Waals surface area contributed by atoms with E-state index in [0.717, 1.165) is 29.3 Å². The number of amides is 1. The van der Waals surface area contributed by atoms with Crippen LogP contribution >= 0.6 is 15.9 Å². The lowest BCUT2D eigenvalue weighted by molar-refractivity contribution is -0.169. The first-order chi connectivity index (χ1) is 10.9. The molecule has 2 atom stereocenters. The van der Waals surface area contributed by atoms with E-state index in [1.54, 1.807) is 4.90 Å². The van der Waals surface area contributed by atoms with Crippen molar-refractivity contribution in [2.75, 3.05) is 13.1 Å². The van der Waals surface area contributed by atoms with Crippen LogP contribution in [0, 0.1) is 0 Å². The number of ether oxygens (including phenoxy) is 1. The first-order valence-electron chi connectivity index (χ1n) is 7.86. The third-order valence-corrected chi connectivity index (χ3v) is 5.36. The predicted octanol–water partition coefficient (Wildman–Crippen LogP) is 2.57. The number of carbonyl (C=O) groups is 2. The normalized spacial score (nSPS) is 26.4. The molecule has 1 aliphatic carbocycles. The van der Waals surface area contributed by atoms with Crippen LogP contribution in [0.25, 0.3) is 0 Å². The number of hydrogen-bond acceptors (Lipinski definition) is 3. The maximum atomic E-state index is 13.2. The second kappa shape index (κ2) is 6.24. The standard InChI is InChI=1S/C17H20BrNO4/c1-11-9-19(10-14(23-11)15(20)21)16(22)17(7-2-8-17)12-3-5-13(18)6-4-12/h3-6,11,14H,2,7-10H2,1H3,(H,20,21)/t11-,14?/m1/s1. The fourth-order valence-electron chi connectivity index (χ4n) is 3.48. The van der Waals surface area contributed by atoms with Crippen molar-refractivity contribution in [1.82, 2.24) is 4.90 Å². The first kappa shape index (κ1) is 16.5. The molecule has 0 radical (unpaired) electrons. The molecule has 1 saturated heterocycles. The van der Waals surface area contributed by atoms with Crippen LogP contribution in [0.3, 0.4) is 0 Å². The zero-order chi connectivity index (χ0) is 16.6. The molecule has 1 aromatic rings. The highest BCUT2D eigenvalue weighted by atomic mass is 79.9. The summed E-state index contributed by atoms with van der Waals surface area (Å²) in [6.45, 7) is 2.38. The molecule has 2 aliphatic rings. The molecule has 2 fully saturated rings. The van der Waals surface area contributed by atoms with E-state index in [9.17, 15) is 14.7 Å². The SMILES string of the molecule is C[C@@H]1CN(C(=O)C2(c3ccc(Br)cc3)CCC2)CC(C(=O)O)O1. The van der Waals surface area contributed by atoms with Crippen molar-refractivity contribution in [3.8, 4) is 0 Å². The van der Waals surface area contributed by atoms with Gasteiger partial charge in [-0.05, 0) is 37.5 Å². The van der Waals surface area contributed by atoms with E-state index in [1.807, 2.05) is 31.2 Å². The molecular weight excluding hydrogens is 362 g/mol. The van der Waals surface area contributed by atoms with Crippen LogP contribution in [0.15, 0.2) is 28.7 Å². The molecule has 0 bridgehead atoms. The van der Waals surface area contributed by atoms with E-state index < -0.39 is 17.5 Å². The number of morpholine rings is 1. The van der Waals surface area contributed by atoms with Crippen LogP contribution < -0.4 is 0 Å². The largest absolute Gasteiger partial charge is 0.479 e. The fraction of sp³-hybridized carbons (Fsp3) is 0.529. The lowest BCUT2D eigenvalue weighted by Gasteiger charge is -2.46. The van der Waals surface area contributed by atoms with E-state index in [4.69, 9.17) is 4.74 Å². The van der Waals surface area contributed by atoms with Gasteiger partial charge in [-0.15, -0.1) is 0 Å². The smallest absolute Gasteiger partial charge is 0.334 e. The Labute approximate surface area is 143 Å². The fourth-order valence-corrected chi connectivity index (χ4v) is 3.75. The summed E-state index contributed by atoms with van der Waals surface area (Å²) < 4.78 is 6.39. The monoisotopic (exact) mass is 381 g/mol.